The molecule has 0 unspecified atom stereocenters. The number of thioether (sulfide) groups is 1. The van der Waals surface area contributed by atoms with Gasteiger partial charge < -0.3 is 4.90 Å². The van der Waals surface area contributed by atoms with E-state index in [0.717, 1.165) is 29.5 Å². The van der Waals surface area contributed by atoms with Crippen molar-refractivity contribution >= 4 is 58.1 Å². The predicted molar refractivity (Wildman–Crippen MR) is 104 cm³/mol. The van der Waals surface area contributed by atoms with Crippen molar-refractivity contribution in [3.63, 3.8) is 0 Å². The lowest BCUT2D eigenvalue weighted by Gasteiger charge is -2.31. The third-order valence-electron chi connectivity index (χ3n) is 4.57. The summed E-state index contributed by atoms with van der Waals surface area (Å²) in [6.45, 7) is 3.28. The molecule has 26 heavy (non-hydrogen) atoms. The zero-order valence-corrected chi connectivity index (χ0v) is 16.5. The average Bonchev–Trinajstić information content (AvgIpc) is 2.87. The van der Waals surface area contributed by atoms with E-state index in [9.17, 15) is 14.4 Å². The van der Waals surface area contributed by atoms with Gasteiger partial charge in [0.2, 0.25) is 5.91 Å². The molecule has 0 radical (unpaired) electrons. The minimum Gasteiger partial charge on any atom is -0.341 e. The molecule has 0 aromatic heterocycles. The van der Waals surface area contributed by atoms with Gasteiger partial charge in [-0.3, -0.25) is 19.3 Å². The van der Waals surface area contributed by atoms with E-state index in [1.807, 2.05) is 0 Å². The fourth-order valence-electron chi connectivity index (χ4n) is 2.90. The van der Waals surface area contributed by atoms with Crippen molar-refractivity contribution in [1.82, 2.24) is 9.80 Å². The first kappa shape index (κ1) is 19.3. The molecule has 2 saturated heterocycles. The Labute approximate surface area is 166 Å². The fourth-order valence-corrected chi connectivity index (χ4v) is 4.09. The molecule has 0 N–H and O–H groups in total. The standard InChI is InChI=1S/C18H18Cl2N2O3S/c1-11-5-7-21(8-6-11)15(23)10-22-17(24)14(26-18(22)25)9-12-3-2-4-13(19)16(12)20/h2-4,9,11H,5-8,10H2,1H3/b14-9+. The van der Waals surface area contributed by atoms with Crippen LogP contribution in [0.25, 0.3) is 6.08 Å². The van der Waals surface area contributed by atoms with Gasteiger partial charge in [0.25, 0.3) is 11.1 Å². The second-order valence-electron chi connectivity index (χ2n) is 6.47. The summed E-state index contributed by atoms with van der Waals surface area (Å²) >= 11 is 12.9. The quantitative estimate of drug-likeness (QED) is 0.694. The lowest BCUT2D eigenvalue weighted by atomic mass is 9.99. The number of hydrogen-bond acceptors (Lipinski definition) is 4. The van der Waals surface area contributed by atoms with E-state index in [4.69, 9.17) is 23.2 Å². The molecule has 1 aromatic carbocycles. The highest BCUT2D eigenvalue weighted by molar-refractivity contribution is 8.18. The van der Waals surface area contributed by atoms with Gasteiger partial charge in [-0.25, -0.2) is 0 Å². The third kappa shape index (κ3) is 4.08. The van der Waals surface area contributed by atoms with Crippen LogP contribution in [0.4, 0.5) is 4.79 Å². The number of benzene rings is 1. The zero-order chi connectivity index (χ0) is 18.8. The van der Waals surface area contributed by atoms with Crippen LogP contribution in [0.3, 0.4) is 0 Å². The summed E-state index contributed by atoms with van der Waals surface area (Å²) in [4.78, 5) is 40.1. The zero-order valence-electron chi connectivity index (χ0n) is 14.2. The number of nitrogens with zero attached hydrogens (tertiary/aromatic N) is 2. The number of imide groups is 1. The highest BCUT2D eigenvalue weighted by Crippen LogP contribution is 2.35. The highest BCUT2D eigenvalue weighted by atomic mass is 35.5. The molecule has 0 spiro atoms. The second kappa shape index (κ2) is 8.03. The Kier molecular flexibility index (Phi) is 5.95. The van der Waals surface area contributed by atoms with Crippen molar-refractivity contribution in [3.8, 4) is 0 Å². The van der Waals surface area contributed by atoms with Crippen molar-refractivity contribution in [1.29, 1.82) is 0 Å². The van der Waals surface area contributed by atoms with Gasteiger partial charge in [0.1, 0.15) is 6.54 Å². The number of carbonyl (C=O) groups is 3. The highest BCUT2D eigenvalue weighted by Gasteiger charge is 2.37. The van der Waals surface area contributed by atoms with Gasteiger partial charge in [-0.2, -0.15) is 0 Å². The van der Waals surface area contributed by atoms with E-state index >= 15 is 0 Å². The predicted octanol–water partition coefficient (Wildman–Crippen LogP) is 4.29. The Morgan fingerprint density at radius 2 is 1.96 bits per heavy atom. The minimum absolute atomic E-state index is 0.193. The Hall–Kier alpha value is -1.50. The van der Waals surface area contributed by atoms with E-state index in [-0.39, 0.29) is 17.4 Å². The lowest BCUT2D eigenvalue weighted by molar-refractivity contribution is -0.136. The van der Waals surface area contributed by atoms with Crippen LogP contribution in [0.15, 0.2) is 23.1 Å². The van der Waals surface area contributed by atoms with Crippen molar-refractivity contribution < 1.29 is 14.4 Å². The van der Waals surface area contributed by atoms with E-state index in [2.05, 4.69) is 6.92 Å². The second-order valence-corrected chi connectivity index (χ2v) is 8.25. The van der Waals surface area contributed by atoms with Crippen molar-refractivity contribution in [2.24, 2.45) is 5.92 Å². The molecule has 2 fully saturated rings. The van der Waals surface area contributed by atoms with Crippen LogP contribution >= 0.6 is 35.0 Å². The van der Waals surface area contributed by atoms with Gasteiger partial charge in [0.15, 0.2) is 0 Å². The molecule has 8 heteroatoms. The number of piperidine rings is 1. The number of amides is 3. The summed E-state index contributed by atoms with van der Waals surface area (Å²) in [6, 6.07) is 5.07. The first-order chi connectivity index (χ1) is 12.4. The number of hydrogen-bond donors (Lipinski definition) is 0. The number of rotatable bonds is 3. The van der Waals surface area contributed by atoms with Gasteiger partial charge in [-0.1, -0.05) is 42.3 Å². The number of halogens is 2. The maximum absolute atomic E-state index is 12.6. The maximum Gasteiger partial charge on any atom is 0.294 e. The fraction of sp³-hybridized carbons (Fsp3) is 0.389. The largest absolute Gasteiger partial charge is 0.341 e. The molecule has 5 nitrogen and oxygen atoms in total. The van der Waals surface area contributed by atoms with Gasteiger partial charge in [0, 0.05) is 13.1 Å². The molecule has 2 heterocycles. The molecule has 1 aromatic rings. The lowest BCUT2D eigenvalue weighted by Crippen LogP contribution is -2.45. The molecule has 0 atom stereocenters. The molecule has 0 bridgehead atoms. The average molecular weight is 413 g/mol. The van der Waals surface area contributed by atoms with Gasteiger partial charge >= 0.3 is 0 Å². The van der Waals surface area contributed by atoms with Crippen LogP contribution in [-0.2, 0) is 9.59 Å². The van der Waals surface area contributed by atoms with Gasteiger partial charge in [-0.15, -0.1) is 0 Å². The number of carbonyl (C=O) groups excluding carboxylic acids is 3. The summed E-state index contributed by atoms with van der Waals surface area (Å²) in [6.07, 6.45) is 3.42. The van der Waals surface area contributed by atoms with Crippen LogP contribution in [0.2, 0.25) is 10.0 Å². The molecule has 2 aliphatic heterocycles. The van der Waals surface area contributed by atoms with Crippen LogP contribution in [-0.4, -0.2) is 46.5 Å². The van der Waals surface area contributed by atoms with E-state index in [0.29, 0.717) is 34.6 Å². The summed E-state index contributed by atoms with van der Waals surface area (Å²) < 4.78 is 0. The molecular weight excluding hydrogens is 395 g/mol. The molecule has 0 saturated carbocycles. The molecule has 2 aliphatic rings. The van der Waals surface area contributed by atoms with E-state index < -0.39 is 11.1 Å². The molecule has 0 aliphatic carbocycles. The summed E-state index contributed by atoms with van der Waals surface area (Å²) in [5.41, 5.74) is 0.556. The molecule has 138 valence electrons. The topological polar surface area (TPSA) is 57.7 Å². The van der Waals surface area contributed by atoms with Crippen molar-refractivity contribution in [2.45, 2.75) is 19.8 Å². The van der Waals surface area contributed by atoms with E-state index in [1.165, 1.54) is 6.08 Å². The summed E-state index contributed by atoms with van der Waals surface area (Å²) in [7, 11) is 0. The van der Waals surface area contributed by atoms with Gasteiger partial charge in [0.05, 0.1) is 15.0 Å². The Morgan fingerprint density at radius 3 is 2.65 bits per heavy atom. The maximum atomic E-state index is 12.6. The molecule has 3 amide bonds. The first-order valence-corrected chi connectivity index (χ1v) is 9.91. The van der Waals surface area contributed by atoms with E-state index in [1.54, 1.807) is 23.1 Å². The first-order valence-electron chi connectivity index (χ1n) is 8.34. The Bertz CT molecular complexity index is 789. The third-order valence-corrected chi connectivity index (χ3v) is 6.31. The van der Waals surface area contributed by atoms with Crippen LogP contribution < -0.4 is 0 Å². The normalized spacial score (nSPS) is 20.3. The monoisotopic (exact) mass is 412 g/mol. The van der Waals surface area contributed by atoms with Gasteiger partial charge in [-0.05, 0) is 48.2 Å². The number of likely N-dealkylation sites (tertiary alicyclic amines) is 1. The van der Waals surface area contributed by atoms with Crippen LogP contribution in [0.5, 0.6) is 0 Å². The Morgan fingerprint density at radius 1 is 1.27 bits per heavy atom. The Balaban J connectivity index is 1.72. The van der Waals surface area contributed by atoms with Crippen molar-refractivity contribution in [2.75, 3.05) is 19.6 Å². The SMILES string of the molecule is CC1CCN(C(=O)CN2C(=O)S/C(=C/c3cccc(Cl)c3Cl)C2=O)CC1. The minimum atomic E-state index is -0.477. The van der Waals surface area contributed by atoms with Crippen LogP contribution in [0, 0.1) is 5.92 Å². The molecular formula is C18H18Cl2N2O3S. The van der Waals surface area contributed by atoms with Crippen LogP contribution in [0.1, 0.15) is 25.3 Å². The summed E-state index contributed by atoms with van der Waals surface area (Å²) in [5.74, 6) is -0.0716. The summed E-state index contributed by atoms with van der Waals surface area (Å²) in [5, 5.41) is 0.242. The van der Waals surface area contributed by atoms with Crippen molar-refractivity contribution in [3.05, 3.63) is 38.7 Å². The smallest absolute Gasteiger partial charge is 0.294 e. The molecule has 3 rings (SSSR count).